The summed E-state index contributed by atoms with van der Waals surface area (Å²) in [6.07, 6.45) is 4.89. The summed E-state index contributed by atoms with van der Waals surface area (Å²) in [5.41, 5.74) is 1.27. The van der Waals surface area contributed by atoms with Crippen LogP contribution in [0.3, 0.4) is 0 Å². The van der Waals surface area contributed by atoms with E-state index >= 15 is 0 Å². The average Bonchev–Trinajstić information content (AvgIpc) is 2.47. The minimum atomic E-state index is 0.229. The minimum Gasteiger partial charge on any atom is -0.380 e. The Morgan fingerprint density at radius 2 is 2.16 bits per heavy atom. The maximum Gasteiger partial charge on any atom is 0.0661 e. The lowest BCUT2D eigenvalue weighted by molar-refractivity contribution is 0.123. The van der Waals surface area contributed by atoms with Crippen molar-refractivity contribution < 1.29 is 4.74 Å². The Hall–Kier alpha value is -1.45. The second-order valence-electron chi connectivity index (χ2n) is 4.61. The van der Waals surface area contributed by atoms with Gasteiger partial charge in [0.2, 0.25) is 0 Å². The van der Waals surface area contributed by atoms with Crippen molar-refractivity contribution in [1.29, 1.82) is 0 Å². The Bertz CT molecular complexity index is 500. The Kier molecular flexibility index (Phi) is 5.31. The van der Waals surface area contributed by atoms with Gasteiger partial charge in [0.05, 0.1) is 12.6 Å². The number of nitrogens with one attached hydrogen (secondary N) is 1. The number of hydrogen-bond acceptors (Lipinski definition) is 3. The van der Waals surface area contributed by atoms with Crippen molar-refractivity contribution in [3.8, 4) is 0 Å². The van der Waals surface area contributed by atoms with E-state index < -0.39 is 0 Å². The number of rotatable bonds is 7. The summed E-state index contributed by atoms with van der Waals surface area (Å²) < 4.78 is 5.61. The van der Waals surface area contributed by atoms with Crippen LogP contribution < -0.4 is 5.32 Å². The zero-order chi connectivity index (χ0) is 13.5. The number of nitrogens with zero attached hydrogens (tertiary/aromatic N) is 1. The van der Waals surface area contributed by atoms with E-state index in [1.165, 1.54) is 16.3 Å². The van der Waals surface area contributed by atoms with Crippen LogP contribution in [0.4, 0.5) is 0 Å². The molecule has 2 rings (SSSR count). The predicted octanol–water partition coefficient (Wildman–Crippen LogP) is 3.31. The van der Waals surface area contributed by atoms with E-state index in [0.717, 1.165) is 19.6 Å². The van der Waals surface area contributed by atoms with Gasteiger partial charge in [0.15, 0.2) is 0 Å². The molecule has 0 bridgehead atoms. The van der Waals surface area contributed by atoms with Crippen molar-refractivity contribution in [2.24, 2.45) is 0 Å². The van der Waals surface area contributed by atoms with Crippen LogP contribution in [0.25, 0.3) is 10.8 Å². The second kappa shape index (κ2) is 7.22. The van der Waals surface area contributed by atoms with E-state index in [-0.39, 0.29) is 6.04 Å². The highest BCUT2D eigenvalue weighted by atomic mass is 16.5. The maximum atomic E-state index is 5.61. The predicted molar refractivity (Wildman–Crippen MR) is 79.3 cm³/mol. The van der Waals surface area contributed by atoms with Gasteiger partial charge in [-0.3, -0.25) is 4.98 Å². The summed E-state index contributed by atoms with van der Waals surface area (Å²) in [5.74, 6) is 0. The molecule has 19 heavy (non-hydrogen) atoms. The highest BCUT2D eigenvalue weighted by molar-refractivity contribution is 5.85. The van der Waals surface area contributed by atoms with Crippen molar-refractivity contribution >= 4 is 10.8 Å². The molecule has 102 valence electrons. The van der Waals surface area contributed by atoms with Gasteiger partial charge in [-0.25, -0.2) is 0 Å². The first-order valence-electron chi connectivity index (χ1n) is 7.00. The van der Waals surface area contributed by atoms with Gasteiger partial charge in [-0.1, -0.05) is 25.1 Å². The van der Waals surface area contributed by atoms with Crippen LogP contribution in [0.5, 0.6) is 0 Å². The lowest BCUT2D eigenvalue weighted by Gasteiger charge is -2.20. The van der Waals surface area contributed by atoms with Crippen molar-refractivity contribution in [3.05, 3.63) is 42.2 Å². The Morgan fingerprint density at radius 1 is 1.26 bits per heavy atom. The summed E-state index contributed by atoms with van der Waals surface area (Å²) in [4.78, 5) is 4.25. The molecular weight excluding hydrogens is 236 g/mol. The normalized spacial score (nSPS) is 12.7. The number of aromatic nitrogens is 1. The quantitative estimate of drug-likeness (QED) is 0.827. The molecule has 0 saturated heterocycles. The van der Waals surface area contributed by atoms with Crippen LogP contribution >= 0.6 is 0 Å². The summed E-state index contributed by atoms with van der Waals surface area (Å²) >= 11 is 0. The van der Waals surface area contributed by atoms with Crippen molar-refractivity contribution in [3.63, 3.8) is 0 Å². The zero-order valence-corrected chi connectivity index (χ0v) is 11.7. The lowest BCUT2D eigenvalue weighted by Crippen LogP contribution is -2.26. The fourth-order valence-electron chi connectivity index (χ4n) is 2.25. The first-order valence-corrected chi connectivity index (χ1v) is 7.00. The molecular formula is C16H22N2O. The fourth-order valence-corrected chi connectivity index (χ4v) is 2.25. The molecule has 1 aromatic carbocycles. The zero-order valence-electron chi connectivity index (χ0n) is 11.7. The summed E-state index contributed by atoms with van der Waals surface area (Å²) in [6, 6.07) is 8.67. The van der Waals surface area contributed by atoms with Gasteiger partial charge in [0, 0.05) is 24.4 Å². The van der Waals surface area contributed by atoms with E-state index in [9.17, 15) is 0 Å². The lowest BCUT2D eigenvalue weighted by atomic mass is 10.0. The van der Waals surface area contributed by atoms with Crippen LogP contribution in [0.1, 0.15) is 31.9 Å². The van der Waals surface area contributed by atoms with E-state index in [2.05, 4.69) is 41.5 Å². The molecule has 0 aliphatic rings. The highest BCUT2D eigenvalue weighted by Gasteiger charge is 2.13. The fraction of sp³-hybridized carbons (Fsp3) is 0.438. The van der Waals surface area contributed by atoms with E-state index in [4.69, 9.17) is 4.74 Å². The van der Waals surface area contributed by atoms with Crippen LogP contribution in [0, 0.1) is 0 Å². The van der Waals surface area contributed by atoms with Crippen LogP contribution in [0.2, 0.25) is 0 Å². The molecule has 3 nitrogen and oxygen atoms in total. The Balaban J connectivity index is 2.31. The molecule has 3 heteroatoms. The molecule has 0 aliphatic carbocycles. The van der Waals surface area contributed by atoms with Crippen LogP contribution in [-0.4, -0.2) is 24.7 Å². The van der Waals surface area contributed by atoms with Crippen molar-refractivity contribution in [1.82, 2.24) is 10.3 Å². The molecule has 0 spiro atoms. The van der Waals surface area contributed by atoms with Crippen molar-refractivity contribution in [2.45, 2.75) is 26.3 Å². The van der Waals surface area contributed by atoms with Gasteiger partial charge in [0.1, 0.15) is 0 Å². The molecule has 1 aromatic heterocycles. The standard InChI is InChI=1S/C16H22N2O/c1-3-9-18-16(12-19-4-2)14-7-5-6-13-8-10-17-11-15(13)14/h5-8,10-11,16,18H,3-4,9,12H2,1-2H3. The number of ether oxygens (including phenoxy) is 1. The molecule has 0 aliphatic heterocycles. The SMILES string of the molecule is CCCNC(COCC)c1cccc2ccncc12. The number of pyridine rings is 1. The number of hydrogen-bond donors (Lipinski definition) is 1. The van der Waals surface area contributed by atoms with E-state index in [0.29, 0.717) is 6.61 Å². The monoisotopic (exact) mass is 258 g/mol. The van der Waals surface area contributed by atoms with Gasteiger partial charge in [-0.2, -0.15) is 0 Å². The van der Waals surface area contributed by atoms with Gasteiger partial charge in [-0.15, -0.1) is 0 Å². The number of fused-ring (bicyclic) bond motifs is 1. The average molecular weight is 258 g/mol. The summed E-state index contributed by atoms with van der Waals surface area (Å²) in [5, 5.41) is 6.00. The third kappa shape index (κ3) is 3.52. The topological polar surface area (TPSA) is 34.1 Å². The molecule has 0 saturated carbocycles. The van der Waals surface area contributed by atoms with Crippen LogP contribution in [0.15, 0.2) is 36.7 Å². The van der Waals surface area contributed by atoms with Gasteiger partial charge in [-0.05, 0) is 36.9 Å². The molecule has 0 amide bonds. The maximum absolute atomic E-state index is 5.61. The Morgan fingerprint density at radius 3 is 2.95 bits per heavy atom. The van der Waals surface area contributed by atoms with Gasteiger partial charge < -0.3 is 10.1 Å². The Labute approximate surface area is 115 Å². The van der Waals surface area contributed by atoms with E-state index in [1.54, 1.807) is 0 Å². The third-order valence-electron chi connectivity index (χ3n) is 3.22. The third-order valence-corrected chi connectivity index (χ3v) is 3.22. The van der Waals surface area contributed by atoms with E-state index in [1.807, 2.05) is 19.3 Å². The smallest absolute Gasteiger partial charge is 0.0661 e. The minimum absolute atomic E-state index is 0.229. The molecule has 1 atom stereocenters. The summed E-state index contributed by atoms with van der Waals surface area (Å²) in [6.45, 7) is 6.64. The van der Waals surface area contributed by atoms with Crippen molar-refractivity contribution in [2.75, 3.05) is 19.8 Å². The highest BCUT2D eigenvalue weighted by Crippen LogP contribution is 2.23. The van der Waals surface area contributed by atoms with Crippen LogP contribution in [-0.2, 0) is 4.74 Å². The molecule has 1 N–H and O–H groups in total. The molecule has 2 aromatic rings. The van der Waals surface area contributed by atoms with Gasteiger partial charge in [0.25, 0.3) is 0 Å². The first-order chi connectivity index (χ1) is 9.36. The first kappa shape index (κ1) is 14.0. The molecule has 0 fully saturated rings. The summed E-state index contributed by atoms with van der Waals surface area (Å²) in [7, 11) is 0. The second-order valence-corrected chi connectivity index (χ2v) is 4.61. The number of benzene rings is 1. The molecule has 1 unspecified atom stereocenters. The van der Waals surface area contributed by atoms with Gasteiger partial charge >= 0.3 is 0 Å². The largest absolute Gasteiger partial charge is 0.380 e. The molecule has 1 heterocycles. The molecule has 0 radical (unpaired) electrons.